The smallest absolute Gasteiger partial charge is 0.238 e. The molecule has 2 heterocycles. The van der Waals surface area contributed by atoms with Crippen molar-refractivity contribution < 1.29 is 17.9 Å². The van der Waals surface area contributed by atoms with E-state index in [1.165, 1.54) is 12.1 Å². The third-order valence-electron chi connectivity index (χ3n) is 6.22. The van der Waals surface area contributed by atoms with Crippen molar-refractivity contribution in [2.45, 2.75) is 43.7 Å². The number of ether oxygens (including phenoxy) is 2. The predicted octanol–water partition coefficient (Wildman–Crippen LogP) is 3.32. The lowest BCUT2D eigenvalue weighted by molar-refractivity contribution is 0.177. The van der Waals surface area contributed by atoms with Crippen molar-refractivity contribution in [1.82, 2.24) is 14.9 Å². The maximum absolute atomic E-state index is 11.8. The molecule has 1 saturated heterocycles. The Bertz CT molecular complexity index is 1310. The number of nitrogens with one attached hydrogen (secondary N) is 2. The molecule has 11 heteroatoms. The van der Waals surface area contributed by atoms with Crippen LogP contribution in [0.4, 0.5) is 17.5 Å². The summed E-state index contributed by atoms with van der Waals surface area (Å²) in [5, 5.41) is 12.8. The Hall–Kier alpha value is -3.15. The van der Waals surface area contributed by atoms with E-state index in [-0.39, 0.29) is 10.9 Å². The SMILES string of the molecule is COc1cc2nc(Nc3cccc(S(N)(=O)=O)c3)nc(NC3CCN(C(C)C)CC3)c2cc1OC. The summed E-state index contributed by atoms with van der Waals surface area (Å²) in [5.74, 6) is 2.13. The quantitative estimate of drug-likeness (QED) is 0.426. The van der Waals surface area contributed by atoms with Gasteiger partial charge in [0, 0.05) is 42.3 Å². The lowest BCUT2D eigenvalue weighted by Gasteiger charge is -2.35. The van der Waals surface area contributed by atoms with Gasteiger partial charge in [-0.3, -0.25) is 0 Å². The molecular formula is C24H32N6O4S. The number of aromatic nitrogens is 2. The van der Waals surface area contributed by atoms with E-state index in [0.29, 0.717) is 40.5 Å². The lowest BCUT2D eigenvalue weighted by Crippen LogP contribution is -2.42. The van der Waals surface area contributed by atoms with Gasteiger partial charge in [0.25, 0.3) is 0 Å². The van der Waals surface area contributed by atoms with Gasteiger partial charge in [-0.25, -0.2) is 18.5 Å². The van der Waals surface area contributed by atoms with Crippen LogP contribution < -0.4 is 25.2 Å². The molecule has 10 nitrogen and oxygen atoms in total. The Balaban J connectivity index is 1.71. The van der Waals surface area contributed by atoms with Crippen LogP contribution in [0.25, 0.3) is 10.9 Å². The first-order valence-electron chi connectivity index (χ1n) is 11.5. The Morgan fingerprint density at radius 3 is 2.37 bits per heavy atom. The Kier molecular flexibility index (Phi) is 7.29. The summed E-state index contributed by atoms with van der Waals surface area (Å²) in [6, 6.07) is 10.7. The molecule has 0 atom stereocenters. The predicted molar refractivity (Wildman–Crippen MR) is 137 cm³/mol. The van der Waals surface area contributed by atoms with Crippen LogP contribution in [0, 0.1) is 0 Å². The summed E-state index contributed by atoms with van der Waals surface area (Å²) < 4.78 is 34.5. The van der Waals surface area contributed by atoms with Crippen molar-refractivity contribution in [2.75, 3.05) is 37.9 Å². The summed E-state index contributed by atoms with van der Waals surface area (Å²) in [5.41, 5.74) is 1.16. The summed E-state index contributed by atoms with van der Waals surface area (Å²) in [6.07, 6.45) is 1.99. The van der Waals surface area contributed by atoms with Gasteiger partial charge in [-0.05, 0) is 51.0 Å². The normalized spacial score (nSPS) is 15.4. The number of hydrogen-bond donors (Lipinski definition) is 3. The Morgan fingerprint density at radius 2 is 1.74 bits per heavy atom. The fourth-order valence-corrected chi connectivity index (χ4v) is 4.81. The zero-order valence-electron chi connectivity index (χ0n) is 20.4. The molecule has 0 aliphatic carbocycles. The highest BCUT2D eigenvalue weighted by Gasteiger charge is 2.23. The first-order chi connectivity index (χ1) is 16.7. The third-order valence-corrected chi connectivity index (χ3v) is 7.13. The monoisotopic (exact) mass is 500 g/mol. The first-order valence-corrected chi connectivity index (χ1v) is 13.1. The second-order valence-corrected chi connectivity index (χ2v) is 10.4. The number of likely N-dealkylation sites (tertiary alicyclic amines) is 1. The molecule has 1 aliphatic rings. The summed E-state index contributed by atoms with van der Waals surface area (Å²) in [7, 11) is -0.670. The van der Waals surface area contributed by atoms with Crippen LogP contribution in [0.1, 0.15) is 26.7 Å². The highest BCUT2D eigenvalue weighted by molar-refractivity contribution is 7.89. The molecule has 0 spiro atoms. The fourth-order valence-electron chi connectivity index (χ4n) is 4.26. The second kappa shape index (κ2) is 10.2. The molecule has 35 heavy (non-hydrogen) atoms. The molecule has 188 valence electrons. The Labute approximate surface area is 205 Å². The van der Waals surface area contributed by atoms with Gasteiger partial charge in [0.1, 0.15) is 5.82 Å². The van der Waals surface area contributed by atoms with Gasteiger partial charge in [-0.1, -0.05) is 6.07 Å². The molecule has 4 rings (SSSR count). The van der Waals surface area contributed by atoms with Crippen molar-refractivity contribution >= 4 is 38.4 Å². The molecule has 1 aromatic heterocycles. The standard InChI is InChI=1S/C24H32N6O4S/c1-15(2)30-10-8-16(9-11-30)26-23-19-13-21(33-3)22(34-4)14-20(19)28-24(29-23)27-17-6-5-7-18(12-17)35(25,31)32/h5-7,12-16H,8-11H2,1-4H3,(H2,25,31,32)(H2,26,27,28,29). The topological polar surface area (TPSA) is 132 Å². The average Bonchev–Trinajstić information content (AvgIpc) is 2.83. The van der Waals surface area contributed by atoms with Gasteiger partial charge in [-0.2, -0.15) is 4.98 Å². The number of fused-ring (bicyclic) bond motifs is 1. The molecule has 0 saturated carbocycles. The average molecular weight is 501 g/mol. The van der Waals surface area contributed by atoms with Crippen LogP contribution in [-0.2, 0) is 10.0 Å². The van der Waals surface area contributed by atoms with Gasteiger partial charge in [-0.15, -0.1) is 0 Å². The van der Waals surface area contributed by atoms with Crippen molar-refractivity contribution in [3.8, 4) is 11.5 Å². The molecule has 1 fully saturated rings. The molecule has 2 aromatic carbocycles. The lowest BCUT2D eigenvalue weighted by atomic mass is 10.0. The minimum Gasteiger partial charge on any atom is -0.493 e. The van der Waals surface area contributed by atoms with E-state index in [9.17, 15) is 8.42 Å². The van der Waals surface area contributed by atoms with E-state index in [2.05, 4.69) is 34.4 Å². The number of primary sulfonamides is 1. The van der Waals surface area contributed by atoms with Crippen LogP contribution in [0.5, 0.6) is 11.5 Å². The molecule has 0 unspecified atom stereocenters. The minimum atomic E-state index is -3.83. The van der Waals surface area contributed by atoms with Crippen molar-refractivity contribution in [3.05, 3.63) is 36.4 Å². The number of methoxy groups -OCH3 is 2. The zero-order valence-corrected chi connectivity index (χ0v) is 21.2. The van der Waals surface area contributed by atoms with Gasteiger partial charge >= 0.3 is 0 Å². The van der Waals surface area contributed by atoms with E-state index < -0.39 is 10.0 Å². The summed E-state index contributed by atoms with van der Waals surface area (Å²) >= 11 is 0. The van der Waals surface area contributed by atoms with Crippen molar-refractivity contribution in [1.29, 1.82) is 0 Å². The van der Waals surface area contributed by atoms with Crippen LogP contribution in [0.3, 0.4) is 0 Å². The molecule has 0 bridgehead atoms. The number of piperidine rings is 1. The number of nitrogens with zero attached hydrogens (tertiary/aromatic N) is 3. The van der Waals surface area contributed by atoms with E-state index in [4.69, 9.17) is 19.6 Å². The van der Waals surface area contributed by atoms with Crippen molar-refractivity contribution in [3.63, 3.8) is 0 Å². The largest absolute Gasteiger partial charge is 0.493 e. The first kappa shape index (κ1) is 25.0. The molecular weight excluding hydrogens is 468 g/mol. The zero-order chi connectivity index (χ0) is 25.2. The maximum atomic E-state index is 11.8. The number of benzene rings is 2. The van der Waals surface area contributed by atoms with Gasteiger partial charge < -0.3 is 25.0 Å². The summed E-state index contributed by atoms with van der Waals surface area (Å²) in [4.78, 5) is 11.9. The van der Waals surface area contributed by atoms with Gasteiger partial charge in [0.15, 0.2) is 11.5 Å². The fraction of sp³-hybridized carbons (Fsp3) is 0.417. The maximum Gasteiger partial charge on any atom is 0.238 e. The van der Waals surface area contributed by atoms with E-state index >= 15 is 0 Å². The van der Waals surface area contributed by atoms with Crippen LogP contribution in [0.2, 0.25) is 0 Å². The van der Waals surface area contributed by atoms with E-state index in [0.717, 1.165) is 31.3 Å². The molecule has 4 N–H and O–H groups in total. The minimum absolute atomic E-state index is 0.00459. The number of sulfonamides is 1. The molecule has 0 radical (unpaired) electrons. The van der Waals surface area contributed by atoms with Crippen molar-refractivity contribution in [2.24, 2.45) is 5.14 Å². The van der Waals surface area contributed by atoms with Gasteiger partial charge in [0.05, 0.1) is 24.6 Å². The van der Waals surface area contributed by atoms with Gasteiger partial charge in [0.2, 0.25) is 16.0 Å². The second-order valence-electron chi connectivity index (χ2n) is 8.87. The third kappa shape index (κ3) is 5.75. The Morgan fingerprint density at radius 1 is 1.06 bits per heavy atom. The van der Waals surface area contributed by atoms with Crippen LogP contribution in [0.15, 0.2) is 41.3 Å². The van der Waals surface area contributed by atoms with E-state index in [1.54, 1.807) is 32.4 Å². The van der Waals surface area contributed by atoms with Crippen LogP contribution >= 0.6 is 0 Å². The molecule has 3 aromatic rings. The van der Waals surface area contributed by atoms with E-state index in [1.807, 2.05) is 6.07 Å². The summed E-state index contributed by atoms with van der Waals surface area (Å²) in [6.45, 7) is 6.46. The number of hydrogen-bond acceptors (Lipinski definition) is 9. The van der Waals surface area contributed by atoms with Crippen LogP contribution in [-0.4, -0.2) is 62.7 Å². The number of nitrogens with two attached hydrogens (primary N) is 1. The highest BCUT2D eigenvalue weighted by Crippen LogP contribution is 2.35. The molecule has 1 aliphatic heterocycles. The highest BCUT2D eigenvalue weighted by atomic mass is 32.2. The number of anilines is 3. The number of rotatable bonds is 8. The molecule has 0 amide bonds.